The SMILES string of the molecule is CC(C)C(=O)N1CCN(C(=O)c2ccc(S(=O)(=O)NC(C)(C)C)o2)CC1. The first kappa shape index (κ1) is 20.4. The van der Waals surface area contributed by atoms with Crippen molar-refractivity contribution in [3.63, 3.8) is 0 Å². The number of hydrogen-bond acceptors (Lipinski definition) is 5. The molecule has 0 unspecified atom stereocenters. The first-order valence-electron chi connectivity index (χ1n) is 8.62. The molecule has 2 heterocycles. The summed E-state index contributed by atoms with van der Waals surface area (Å²) in [7, 11) is -3.83. The van der Waals surface area contributed by atoms with Crippen molar-refractivity contribution < 1.29 is 22.4 Å². The average Bonchev–Trinajstić information content (AvgIpc) is 3.02. The van der Waals surface area contributed by atoms with E-state index in [1.165, 1.54) is 12.1 Å². The van der Waals surface area contributed by atoms with Crippen molar-refractivity contribution in [2.75, 3.05) is 26.2 Å². The summed E-state index contributed by atoms with van der Waals surface area (Å²) in [6.07, 6.45) is 0. The van der Waals surface area contributed by atoms with Crippen LogP contribution in [0, 0.1) is 5.92 Å². The van der Waals surface area contributed by atoms with Gasteiger partial charge in [-0.1, -0.05) is 13.8 Å². The molecule has 1 N–H and O–H groups in total. The molecule has 1 fully saturated rings. The molecule has 2 rings (SSSR count). The molecule has 0 aromatic carbocycles. The molecule has 2 amide bonds. The van der Waals surface area contributed by atoms with Gasteiger partial charge in [-0.3, -0.25) is 9.59 Å². The molecular formula is C17H27N3O5S. The second-order valence-corrected chi connectivity index (χ2v) is 9.36. The van der Waals surface area contributed by atoms with Crippen molar-refractivity contribution >= 4 is 21.8 Å². The Bertz CT molecular complexity index is 769. The average molecular weight is 385 g/mol. The lowest BCUT2D eigenvalue weighted by molar-refractivity contribution is -0.135. The predicted molar refractivity (Wildman–Crippen MR) is 96.1 cm³/mol. The van der Waals surface area contributed by atoms with Crippen molar-refractivity contribution in [1.29, 1.82) is 0 Å². The van der Waals surface area contributed by atoms with E-state index in [9.17, 15) is 18.0 Å². The first-order chi connectivity index (χ1) is 11.9. The lowest BCUT2D eigenvalue weighted by Gasteiger charge is -2.35. The van der Waals surface area contributed by atoms with Crippen LogP contribution in [-0.2, 0) is 14.8 Å². The third kappa shape index (κ3) is 4.85. The van der Waals surface area contributed by atoms with Crippen LogP contribution in [0.5, 0.6) is 0 Å². The van der Waals surface area contributed by atoms with Gasteiger partial charge in [-0.2, -0.15) is 0 Å². The van der Waals surface area contributed by atoms with E-state index in [0.29, 0.717) is 26.2 Å². The zero-order chi connectivity index (χ0) is 19.7. The van der Waals surface area contributed by atoms with Crippen LogP contribution in [0.2, 0.25) is 0 Å². The van der Waals surface area contributed by atoms with Gasteiger partial charge in [-0.05, 0) is 32.9 Å². The number of rotatable bonds is 4. The highest BCUT2D eigenvalue weighted by Gasteiger charge is 2.30. The van der Waals surface area contributed by atoms with Gasteiger partial charge in [0, 0.05) is 37.6 Å². The van der Waals surface area contributed by atoms with Gasteiger partial charge < -0.3 is 14.2 Å². The minimum atomic E-state index is -3.83. The second-order valence-electron chi connectivity index (χ2n) is 7.75. The van der Waals surface area contributed by atoms with Gasteiger partial charge in [0.05, 0.1) is 0 Å². The molecule has 1 aromatic rings. The maximum atomic E-state index is 12.5. The summed E-state index contributed by atoms with van der Waals surface area (Å²) in [6, 6.07) is 2.64. The van der Waals surface area contributed by atoms with Gasteiger partial charge in [-0.25, -0.2) is 13.1 Å². The Morgan fingerprint density at radius 3 is 2.12 bits per heavy atom. The molecule has 0 radical (unpaired) electrons. The highest BCUT2D eigenvalue weighted by atomic mass is 32.2. The van der Waals surface area contributed by atoms with Crippen LogP contribution in [0.4, 0.5) is 0 Å². The molecule has 1 aromatic heterocycles. The summed E-state index contributed by atoms with van der Waals surface area (Å²) >= 11 is 0. The van der Waals surface area contributed by atoms with E-state index in [0.717, 1.165) is 0 Å². The highest BCUT2D eigenvalue weighted by Crippen LogP contribution is 2.18. The van der Waals surface area contributed by atoms with Gasteiger partial charge in [-0.15, -0.1) is 0 Å². The van der Waals surface area contributed by atoms with Crippen molar-refractivity contribution in [3.8, 4) is 0 Å². The van der Waals surface area contributed by atoms with E-state index in [1.807, 2.05) is 13.8 Å². The summed E-state index contributed by atoms with van der Waals surface area (Å²) in [5, 5.41) is -0.288. The van der Waals surface area contributed by atoms with E-state index in [2.05, 4.69) is 4.72 Å². The van der Waals surface area contributed by atoms with E-state index in [4.69, 9.17) is 4.42 Å². The molecular weight excluding hydrogens is 358 g/mol. The number of hydrogen-bond donors (Lipinski definition) is 1. The quantitative estimate of drug-likeness (QED) is 0.842. The molecule has 8 nitrogen and oxygen atoms in total. The molecule has 0 spiro atoms. The van der Waals surface area contributed by atoms with Crippen molar-refractivity contribution in [3.05, 3.63) is 17.9 Å². The van der Waals surface area contributed by atoms with Gasteiger partial charge in [0.25, 0.3) is 15.9 Å². The van der Waals surface area contributed by atoms with Crippen molar-refractivity contribution in [2.24, 2.45) is 5.92 Å². The Kier molecular flexibility index (Phi) is 5.82. The molecule has 1 aliphatic rings. The minimum Gasteiger partial charge on any atom is -0.438 e. The summed E-state index contributed by atoms with van der Waals surface area (Å²) < 4.78 is 32.3. The van der Waals surface area contributed by atoms with E-state index in [1.54, 1.807) is 30.6 Å². The Morgan fingerprint density at radius 1 is 1.08 bits per heavy atom. The summed E-state index contributed by atoms with van der Waals surface area (Å²) in [4.78, 5) is 27.9. The number of carbonyl (C=O) groups excluding carboxylic acids is 2. The highest BCUT2D eigenvalue weighted by molar-refractivity contribution is 7.89. The van der Waals surface area contributed by atoms with E-state index in [-0.39, 0.29) is 28.6 Å². The number of sulfonamides is 1. The maximum Gasteiger partial charge on any atom is 0.289 e. The van der Waals surface area contributed by atoms with Gasteiger partial charge in [0.2, 0.25) is 11.0 Å². The van der Waals surface area contributed by atoms with Crippen LogP contribution in [0.3, 0.4) is 0 Å². The number of carbonyl (C=O) groups is 2. The van der Waals surface area contributed by atoms with Gasteiger partial charge in [0.1, 0.15) is 0 Å². The number of piperazine rings is 1. The predicted octanol–water partition coefficient (Wildman–Crippen LogP) is 1.30. The Morgan fingerprint density at radius 2 is 1.62 bits per heavy atom. The summed E-state index contributed by atoms with van der Waals surface area (Å²) in [5.41, 5.74) is -0.658. The maximum absolute atomic E-state index is 12.5. The number of amides is 2. The van der Waals surface area contributed by atoms with E-state index >= 15 is 0 Å². The molecule has 0 aliphatic carbocycles. The fraction of sp³-hybridized carbons (Fsp3) is 0.647. The minimum absolute atomic E-state index is 0.0251. The Hall–Kier alpha value is -1.87. The third-order valence-electron chi connectivity index (χ3n) is 3.87. The van der Waals surface area contributed by atoms with Gasteiger partial charge in [0.15, 0.2) is 5.76 Å². The smallest absolute Gasteiger partial charge is 0.289 e. The van der Waals surface area contributed by atoms with E-state index < -0.39 is 15.6 Å². The molecule has 146 valence electrons. The normalized spacial score (nSPS) is 16.2. The zero-order valence-electron chi connectivity index (χ0n) is 15.9. The standard InChI is InChI=1S/C17H27N3O5S/c1-12(2)15(21)19-8-10-20(11-9-19)16(22)13-6-7-14(25-13)26(23,24)18-17(3,4)5/h6-7,12,18H,8-11H2,1-5H3. The summed E-state index contributed by atoms with van der Waals surface area (Å²) in [5.74, 6) is -0.413. The molecule has 0 atom stereocenters. The molecule has 0 bridgehead atoms. The number of nitrogens with one attached hydrogen (secondary N) is 1. The number of furan rings is 1. The van der Waals surface area contributed by atoms with Crippen LogP contribution in [0.1, 0.15) is 45.2 Å². The monoisotopic (exact) mass is 385 g/mol. The lowest BCUT2D eigenvalue weighted by atomic mass is 10.1. The fourth-order valence-corrected chi connectivity index (χ4v) is 4.04. The molecule has 1 saturated heterocycles. The summed E-state index contributed by atoms with van der Waals surface area (Å²) in [6.45, 7) is 10.5. The largest absolute Gasteiger partial charge is 0.438 e. The Balaban J connectivity index is 2.04. The van der Waals surface area contributed by atoms with Crippen LogP contribution in [0.25, 0.3) is 0 Å². The first-order valence-corrected chi connectivity index (χ1v) is 10.1. The van der Waals surface area contributed by atoms with Crippen LogP contribution in [0.15, 0.2) is 21.6 Å². The Labute approximate surface area is 154 Å². The molecule has 26 heavy (non-hydrogen) atoms. The van der Waals surface area contributed by atoms with Crippen LogP contribution in [-0.4, -0.2) is 61.7 Å². The third-order valence-corrected chi connectivity index (χ3v) is 5.50. The van der Waals surface area contributed by atoms with Crippen molar-refractivity contribution in [1.82, 2.24) is 14.5 Å². The second kappa shape index (κ2) is 7.40. The molecule has 9 heteroatoms. The van der Waals surface area contributed by atoms with Crippen molar-refractivity contribution in [2.45, 2.75) is 45.2 Å². The molecule has 1 aliphatic heterocycles. The molecule has 0 saturated carbocycles. The van der Waals surface area contributed by atoms with Crippen LogP contribution < -0.4 is 4.72 Å². The number of nitrogens with zero attached hydrogens (tertiary/aromatic N) is 2. The fourth-order valence-electron chi connectivity index (χ4n) is 2.68. The van der Waals surface area contributed by atoms with Gasteiger partial charge >= 0.3 is 0 Å². The topological polar surface area (TPSA) is 99.9 Å². The zero-order valence-corrected chi connectivity index (χ0v) is 16.7. The van der Waals surface area contributed by atoms with Crippen LogP contribution >= 0.6 is 0 Å². The lowest BCUT2D eigenvalue weighted by Crippen LogP contribution is -2.51.